The van der Waals surface area contributed by atoms with Gasteiger partial charge in [-0.25, -0.2) is 13.6 Å². The van der Waals surface area contributed by atoms with Crippen LogP contribution in [-0.2, 0) is 10.2 Å². The second-order valence-corrected chi connectivity index (χ2v) is 5.51. The summed E-state index contributed by atoms with van der Waals surface area (Å²) in [6, 6.07) is 6.04. The van der Waals surface area contributed by atoms with Crippen molar-refractivity contribution in [2.24, 2.45) is 0 Å². The second kappa shape index (κ2) is 6.06. The SMILES string of the molecule is O=C(Nc1ccc(S(=O)(=O)F)cc1)Nc1ccc(F)cc1F. The molecule has 0 fully saturated rings. The molecule has 0 bridgehead atoms. The van der Waals surface area contributed by atoms with Crippen molar-refractivity contribution in [3.8, 4) is 0 Å². The fourth-order valence-corrected chi connectivity index (χ4v) is 2.04. The fourth-order valence-electron chi connectivity index (χ4n) is 1.58. The number of hydrogen-bond acceptors (Lipinski definition) is 3. The minimum atomic E-state index is -4.82. The molecule has 2 aromatic carbocycles. The standard InChI is InChI=1S/C13H9F3N2O3S/c14-8-1-6-12(11(15)7-8)18-13(19)17-9-2-4-10(5-3-9)22(16,20)21/h1-7H,(H2,17,18,19). The maximum Gasteiger partial charge on any atom is 0.332 e. The smallest absolute Gasteiger partial charge is 0.308 e. The van der Waals surface area contributed by atoms with Gasteiger partial charge in [0.2, 0.25) is 0 Å². The van der Waals surface area contributed by atoms with Crippen molar-refractivity contribution in [2.45, 2.75) is 4.90 Å². The van der Waals surface area contributed by atoms with E-state index in [1.54, 1.807) is 0 Å². The van der Waals surface area contributed by atoms with Gasteiger partial charge < -0.3 is 10.6 Å². The van der Waals surface area contributed by atoms with Crippen molar-refractivity contribution in [2.75, 3.05) is 10.6 Å². The Hall–Kier alpha value is -2.55. The van der Waals surface area contributed by atoms with E-state index in [1.807, 2.05) is 0 Å². The van der Waals surface area contributed by atoms with Crippen molar-refractivity contribution >= 4 is 27.6 Å². The van der Waals surface area contributed by atoms with Crippen LogP contribution in [0.4, 0.5) is 28.8 Å². The molecule has 0 radical (unpaired) electrons. The minimum absolute atomic E-state index is 0.160. The molecule has 0 atom stereocenters. The van der Waals surface area contributed by atoms with Crippen molar-refractivity contribution in [3.63, 3.8) is 0 Å². The van der Waals surface area contributed by atoms with Crippen LogP contribution in [0, 0.1) is 11.6 Å². The third-order valence-electron chi connectivity index (χ3n) is 2.57. The summed E-state index contributed by atoms with van der Waals surface area (Å²) in [5.74, 6) is -1.74. The highest BCUT2D eigenvalue weighted by atomic mass is 32.3. The molecule has 0 heterocycles. The first-order valence-electron chi connectivity index (χ1n) is 5.83. The molecule has 2 aromatic rings. The van der Waals surface area contributed by atoms with Crippen LogP contribution in [0.3, 0.4) is 0 Å². The van der Waals surface area contributed by atoms with Gasteiger partial charge in [0.25, 0.3) is 0 Å². The van der Waals surface area contributed by atoms with Crippen LogP contribution in [-0.4, -0.2) is 14.4 Å². The Kier molecular flexibility index (Phi) is 4.36. The number of anilines is 2. The summed E-state index contributed by atoms with van der Waals surface area (Å²) >= 11 is 0. The Labute approximate surface area is 124 Å². The Balaban J connectivity index is 2.06. The number of benzene rings is 2. The summed E-state index contributed by atoms with van der Waals surface area (Å²) < 4.78 is 60.0. The Morgan fingerprint density at radius 3 is 2.14 bits per heavy atom. The molecular formula is C13H9F3N2O3S. The summed E-state index contributed by atoms with van der Waals surface area (Å²) in [5, 5.41) is 4.43. The van der Waals surface area contributed by atoms with Gasteiger partial charge >= 0.3 is 16.3 Å². The summed E-state index contributed by atoms with van der Waals surface area (Å²) in [6.07, 6.45) is 0. The first-order chi connectivity index (χ1) is 10.3. The number of carbonyl (C=O) groups is 1. The molecule has 0 spiro atoms. The third-order valence-corrected chi connectivity index (χ3v) is 3.41. The zero-order chi connectivity index (χ0) is 16.3. The Morgan fingerprint density at radius 2 is 1.59 bits per heavy atom. The molecule has 0 aromatic heterocycles. The highest BCUT2D eigenvalue weighted by Gasteiger charge is 2.12. The highest BCUT2D eigenvalue weighted by Crippen LogP contribution is 2.18. The van der Waals surface area contributed by atoms with E-state index in [0.717, 1.165) is 36.4 Å². The minimum Gasteiger partial charge on any atom is -0.308 e. The van der Waals surface area contributed by atoms with Crippen molar-refractivity contribution in [1.29, 1.82) is 0 Å². The summed E-state index contributed by atoms with van der Waals surface area (Å²) in [4.78, 5) is 11.1. The number of amides is 2. The summed E-state index contributed by atoms with van der Waals surface area (Å²) in [5.41, 5.74) is -0.0747. The summed E-state index contributed by atoms with van der Waals surface area (Å²) in [6.45, 7) is 0. The van der Waals surface area contributed by atoms with Crippen LogP contribution >= 0.6 is 0 Å². The van der Waals surface area contributed by atoms with E-state index in [0.29, 0.717) is 6.07 Å². The van der Waals surface area contributed by atoms with E-state index in [2.05, 4.69) is 10.6 Å². The van der Waals surface area contributed by atoms with Crippen LogP contribution in [0.5, 0.6) is 0 Å². The summed E-state index contributed by atoms with van der Waals surface area (Å²) in [7, 11) is -4.82. The van der Waals surface area contributed by atoms with Crippen LogP contribution in [0.2, 0.25) is 0 Å². The third kappa shape index (κ3) is 3.98. The molecule has 116 valence electrons. The molecule has 2 amide bonds. The lowest BCUT2D eigenvalue weighted by atomic mass is 10.3. The second-order valence-electron chi connectivity index (χ2n) is 4.17. The molecular weight excluding hydrogens is 321 g/mol. The normalized spacial score (nSPS) is 11.0. The van der Waals surface area contributed by atoms with Crippen molar-refractivity contribution in [3.05, 3.63) is 54.1 Å². The van der Waals surface area contributed by atoms with Gasteiger partial charge in [-0.05, 0) is 36.4 Å². The molecule has 0 aliphatic heterocycles. The predicted octanol–water partition coefficient (Wildman–Crippen LogP) is 3.27. The molecule has 0 aliphatic rings. The fraction of sp³-hybridized carbons (Fsp3) is 0. The predicted molar refractivity (Wildman–Crippen MR) is 73.7 cm³/mol. The van der Waals surface area contributed by atoms with Gasteiger partial charge in [0.1, 0.15) is 11.6 Å². The molecule has 9 heteroatoms. The first-order valence-corrected chi connectivity index (χ1v) is 7.22. The molecule has 5 nitrogen and oxygen atoms in total. The van der Waals surface area contributed by atoms with E-state index in [9.17, 15) is 25.9 Å². The van der Waals surface area contributed by atoms with Gasteiger partial charge in [-0.3, -0.25) is 0 Å². The molecule has 2 N–H and O–H groups in total. The highest BCUT2D eigenvalue weighted by molar-refractivity contribution is 7.86. The number of nitrogens with one attached hydrogen (secondary N) is 2. The van der Waals surface area contributed by atoms with E-state index in [4.69, 9.17) is 0 Å². The number of hydrogen-bond donors (Lipinski definition) is 2. The first kappa shape index (κ1) is 15.8. The van der Waals surface area contributed by atoms with Gasteiger partial charge in [-0.1, -0.05) is 0 Å². The number of halogens is 3. The average Bonchev–Trinajstić information content (AvgIpc) is 2.41. The number of carbonyl (C=O) groups excluding carboxylic acids is 1. The van der Waals surface area contributed by atoms with Crippen LogP contribution in [0.15, 0.2) is 47.4 Å². The lowest BCUT2D eigenvalue weighted by molar-refractivity contribution is 0.262. The zero-order valence-corrected chi connectivity index (χ0v) is 11.6. The molecule has 0 saturated heterocycles. The Bertz CT molecular complexity index is 808. The lowest BCUT2D eigenvalue weighted by Crippen LogP contribution is -2.20. The topological polar surface area (TPSA) is 75.3 Å². The molecule has 22 heavy (non-hydrogen) atoms. The number of rotatable bonds is 3. The van der Waals surface area contributed by atoms with Gasteiger partial charge in [0.05, 0.1) is 10.6 Å². The lowest BCUT2D eigenvalue weighted by Gasteiger charge is -2.08. The maximum absolute atomic E-state index is 13.3. The van der Waals surface area contributed by atoms with Gasteiger partial charge in [0, 0.05) is 11.8 Å². The maximum atomic E-state index is 13.3. The number of urea groups is 1. The van der Waals surface area contributed by atoms with E-state index < -0.39 is 32.8 Å². The van der Waals surface area contributed by atoms with Gasteiger partial charge in [-0.2, -0.15) is 8.42 Å². The van der Waals surface area contributed by atoms with Crippen LogP contribution < -0.4 is 10.6 Å². The Morgan fingerprint density at radius 1 is 0.955 bits per heavy atom. The van der Waals surface area contributed by atoms with Crippen LogP contribution in [0.1, 0.15) is 0 Å². The average molecular weight is 330 g/mol. The van der Waals surface area contributed by atoms with Crippen molar-refractivity contribution in [1.82, 2.24) is 0 Å². The van der Waals surface area contributed by atoms with Gasteiger partial charge in [-0.15, -0.1) is 3.89 Å². The van der Waals surface area contributed by atoms with Crippen LogP contribution in [0.25, 0.3) is 0 Å². The largest absolute Gasteiger partial charge is 0.332 e. The quantitative estimate of drug-likeness (QED) is 0.848. The molecule has 0 unspecified atom stereocenters. The molecule has 0 saturated carbocycles. The molecule has 2 rings (SSSR count). The van der Waals surface area contributed by atoms with E-state index in [-0.39, 0.29) is 11.4 Å². The van der Waals surface area contributed by atoms with E-state index in [1.165, 1.54) is 0 Å². The van der Waals surface area contributed by atoms with E-state index >= 15 is 0 Å². The van der Waals surface area contributed by atoms with Gasteiger partial charge in [0.15, 0.2) is 0 Å². The monoisotopic (exact) mass is 330 g/mol. The zero-order valence-electron chi connectivity index (χ0n) is 10.8. The van der Waals surface area contributed by atoms with Crippen molar-refractivity contribution < 1.29 is 25.9 Å². The molecule has 0 aliphatic carbocycles.